The monoisotopic (exact) mass is 1740 g/mol. The number of carbonyl (C=O) groups is 4. The average molecular weight is 1740 g/mol. The van der Waals surface area contributed by atoms with E-state index in [4.69, 9.17) is 18.9 Å². The zero-order valence-corrected chi connectivity index (χ0v) is 65.4. The van der Waals surface area contributed by atoms with Gasteiger partial charge in [-0.15, -0.1) is 0 Å². The minimum Gasteiger partial charge on any atom is -0.456 e. The Labute approximate surface area is 698 Å². The molecule has 0 N–H and O–H groups in total. The molecule has 0 radical (unpaired) electrons. The highest BCUT2D eigenvalue weighted by molar-refractivity contribution is 6.48. The number of amides is 4. The van der Waals surface area contributed by atoms with Crippen LogP contribution in [0.25, 0.3) is 43.1 Å². The summed E-state index contributed by atoms with van der Waals surface area (Å²) >= 11 is 0. The molecule has 0 spiro atoms. The van der Waals surface area contributed by atoms with Crippen molar-refractivity contribution in [2.45, 2.75) is 79.1 Å². The number of halogens is 20. The normalized spacial score (nSPS) is 12.7. The number of nitrogens with zero attached hydrogens (tertiary/aromatic N) is 2. The molecule has 0 atom stereocenters. The molecule has 4 amide bonds. The second-order valence-electron chi connectivity index (χ2n) is 30.1. The van der Waals surface area contributed by atoms with E-state index in [1.54, 1.807) is 100 Å². The van der Waals surface area contributed by atoms with Gasteiger partial charge in [-0.25, -0.2) is 97.6 Å². The molecule has 30 heteroatoms. The zero-order chi connectivity index (χ0) is 89.5. The van der Waals surface area contributed by atoms with Crippen LogP contribution in [-0.2, 0) is 51.4 Å². The molecule has 15 aromatic rings. The first-order chi connectivity index (χ1) is 60.2. The predicted molar refractivity (Wildman–Crippen MR) is 422 cm³/mol. The summed E-state index contributed by atoms with van der Waals surface area (Å²) in [7, 11) is 0. The largest absolute Gasteiger partial charge is 0.456 e. The first-order valence-corrected chi connectivity index (χ1v) is 38.5. The smallest absolute Gasteiger partial charge is 0.266 e. The Morgan fingerprint density at radius 1 is 0.206 bits per heavy atom. The van der Waals surface area contributed by atoms with Crippen LogP contribution in [0.15, 0.2) is 158 Å². The Kier molecular flexibility index (Phi) is 21.4. The molecule has 126 heavy (non-hydrogen) atoms. The van der Waals surface area contributed by atoms with Crippen LogP contribution in [0.3, 0.4) is 0 Å². The van der Waals surface area contributed by atoms with Gasteiger partial charge in [-0.2, -0.15) is 0 Å². The highest BCUT2D eigenvalue weighted by atomic mass is 19.2. The average Bonchev–Trinajstić information content (AvgIpc) is 0.668. The lowest BCUT2D eigenvalue weighted by atomic mass is 9.80. The van der Waals surface area contributed by atoms with Gasteiger partial charge in [-0.05, 0) is 172 Å². The highest BCUT2D eigenvalue weighted by Crippen LogP contribution is 2.59. The molecule has 2 heterocycles. The number of benzene rings is 15. The van der Waals surface area contributed by atoms with E-state index in [2.05, 4.69) is 0 Å². The van der Waals surface area contributed by atoms with Crippen molar-refractivity contribution in [2.75, 3.05) is 9.80 Å². The van der Waals surface area contributed by atoms with Crippen LogP contribution in [-0.4, -0.2) is 23.6 Å². The van der Waals surface area contributed by atoms with Crippen LogP contribution in [0.1, 0.15) is 108 Å². The van der Waals surface area contributed by atoms with Crippen molar-refractivity contribution in [3.05, 3.63) is 363 Å². The Balaban J connectivity index is 0.984. The van der Waals surface area contributed by atoms with Crippen LogP contribution in [0, 0.1) is 144 Å². The number of rotatable bonds is 22. The molecule has 0 saturated carbocycles. The number of hydrogen-bond acceptors (Lipinski definition) is 8. The third kappa shape index (κ3) is 13.5. The molecular formula is C96H54F20N2O8. The highest BCUT2D eigenvalue weighted by Gasteiger charge is 2.45. The summed E-state index contributed by atoms with van der Waals surface area (Å²) in [6, 6.07) is 37.0. The van der Waals surface area contributed by atoms with E-state index in [1.807, 2.05) is 0 Å². The summed E-state index contributed by atoms with van der Waals surface area (Å²) in [6.07, 6.45) is -7.85. The Bertz CT molecular complexity index is 6350. The maximum atomic E-state index is 16.9. The summed E-state index contributed by atoms with van der Waals surface area (Å²) < 4.78 is 334. The number of anilines is 2. The Morgan fingerprint density at radius 3 is 0.579 bits per heavy atom. The van der Waals surface area contributed by atoms with Gasteiger partial charge in [-0.3, -0.25) is 19.2 Å². The van der Waals surface area contributed by atoms with Gasteiger partial charge in [0.25, 0.3) is 23.6 Å². The second kappa shape index (κ2) is 32.1. The molecule has 17 rings (SSSR count). The summed E-state index contributed by atoms with van der Waals surface area (Å²) in [6.45, 7) is 6.50. The molecule has 0 bridgehead atoms. The topological polar surface area (TPSA) is 112 Å². The second-order valence-corrected chi connectivity index (χ2v) is 30.1. The number of aryl methyl sites for hydroxylation is 8. The number of fused-ring (bicyclic) bond motifs is 2. The quantitative estimate of drug-likeness (QED) is 0.0165. The summed E-state index contributed by atoms with van der Waals surface area (Å²) in [4.78, 5) is 68.5. The van der Waals surface area contributed by atoms with Gasteiger partial charge in [-0.1, -0.05) is 109 Å². The van der Waals surface area contributed by atoms with Gasteiger partial charge in [0, 0.05) is 65.3 Å². The van der Waals surface area contributed by atoms with Gasteiger partial charge >= 0.3 is 0 Å². The van der Waals surface area contributed by atoms with Gasteiger partial charge < -0.3 is 18.9 Å². The van der Waals surface area contributed by atoms with Gasteiger partial charge in [0.05, 0.1) is 33.6 Å². The minimum absolute atomic E-state index is 0.0359. The van der Waals surface area contributed by atoms with Crippen molar-refractivity contribution < 1.29 is 126 Å². The molecule has 0 fully saturated rings. The molecule has 2 aliphatic rings. The SMILES string of the molecule is Cc1ccccc1Oc1cc2c3c(cc(Oc4ccccc4C)c4c5c(Oc6ccccc6C)cc6c7c(cc(Oc8ccccc8C)c(c1c34)c75)C(=O)N(c1c(CCc3c(F)c(F)c(F)c(F)c3F)cccc1CCc1c(F)c(F)c(F)c(F)c1F)C6=O)C(=O)N(c1c(CCc3c(F)c(F)c(F)c(F)c3F)cccc1CCc1c(F)c(F)c(F)c(F)c1F)C2=O. The number of ether oxygens (including phenoxy) is 4. The third-order valence-corrected chi connectivity index (χ3v) is 22.8. The predicted octanol–water partition coefficient (Wildman–Crippen LogP) is 25.7. The lowest BCUT2D eigenvalue weighted by Gasteiger charge is -2.34. The molecule has 636 valence electrons. The van der Waals surface area contributed by atoms with Crippen LogP contribution in [0.4, 0.5) is 99.2 Å². The first-order valence-electron chi connectivity index (χ1n) is 38.5. The zero-order valence-electron chi connectivity index (χ0n) is 65.4. The molecule has 0 unspecified atom stereocenters. The van der Waals surface area contributed by atoms with E-state index in [9.17, 15) is 17.6 Å². The maximum Gasteiger partial charge on any atom is 0.266 e. The van der Waals surface area contributed by atoms with E-state index in [0.29, 0.717) is 32.1 Å². The number of carbonyl (C=O) groups excluding carboxylic acids is 4. The fourth-order valence-corrected chi connectivity index (χ4v) is 16.6. The number of imide groups is 2. The molecule has 0 aromatic heterocycles. The molecule has 0 aliphatic carbocycles. The van der Waals surface area contributed by atoms with Crippen molar-refractivity contribution in [2.24, 2.45) is 0 Å². The van der Waals surface area contributed by atoms with Crippen molar-refractivity contribution in [3.63, 3.8) is 0 Å². The molecule has 15 aromatic carbocycles. The minimum atomic E-state index is -2.52. The van der Waals surface area contributed by atoms with E-state index in [-0.39, 0.29) is 111 Å². The van der Waals surface area contributed by atoms with E-state index < -0.39 is 247 Å². The van der Waals surface area contributed by atoms with E-state index in [1.165, 1.54) is 60.7 Å². The lowest BCUT2D eigenvalue weighted by molar-refractivity contribution is 0.0877. The van der Waals surface area contributed by atoms with Gasteiger partial charge in [0.15, 0.2) is 93.1 Å². The number of para-hydroxylation sites is 6. The lowest BCUT2D eigenvalue weighted by Crippen LogP contribution is -2.42. The van der Waals surface area contributed by atoms with Crippen LogP contribution in [0.2, 0.25) is 0 Å². The van der Waals surface area contributed by atoms with Crippen molar-refractivity contribution in [1.29, 1.82) is 0 Å². The van der Waals surface area contributed by atoms with Crippen molar-refractivity contribution in [3.8, 4) is 46.0 Å². The fourth-order valence-electron chi connectivity index (χ4n) is 16.6. The maximum absolute atomic E-state index is 16.9. The molecule has 10 nitrogen and oxygen atoms in total. The van der Waals surface area contributed by atoms with Crippen molar-refractivity contribution >= 4 is 78.1 Å². The van der Waals surface area contributed by atoms with E-state index >= 15 is 89.4 Å². The van der Waals surface area contributed by atoms with Crippen LogP contribution in [0.5, 0.6) is 46.0 Å². The number of hydrogen-bond donors (Lipinski definition) is 0. The van der Waals surface area contributed by atoms with Gasteiger partial charge in [0.1, 0.15) is 46.0 Å². The van der Waals surface area contributed by atoms with E-state index in [0.717, 1.165) is 24.3 Å². The third-order valence-electron chi connectivity index (χ3n) is 22.8. The summed E-state index contributed by atoms with van der Waals surface area (Å²) in [5.74, 6) is -53.8. The standard InChI is InChI=1S/C96H54F20N2O8/c1-39-15-5-9-23-55(39)123-59-35-51-63-52(94(120)117(93(51)119)91-43(27-31-47-71(97)79(105)87(113)80(106)72(47)98)19-13-20-44(91)28-32-48-73(99)81(107)88(114)82(108)74(48)100)37-61(125-57-25-11-7-17-41(57)3)67-68-62(126-58-26-12-8-18-42(58)4)38-54-64-53(36-60(66(70(64)68)65(59)69(63)67)124-56-24-10-6-16-40(56)2)95(121)118(96(54)122)92-45(29-33-49-75(101)83(109)89(115)84(110)76(49)102)21-14-22-46(92)30-34-50-77(103)85(111)90(116)86(112)78(50)104/h5-26,35-38H,27-34H2,1-4H3. The van der Waals surface area contributed by atoms with Crippen LogP contribution < -0.4 is 28.7 Å². The summed E-state index contributed by atoms with van der Waals surface area (Å²) in [5.41, 5.74) is -8.49. The molecule has 2 aliphatic heterocycles. The first kappa shape index (κ1) is 83.9. The fraction of sp³-hybridized carbons (Fsp3) is 0.125. The van der Waals surface area contributed by atoms with Gasteiger partial charge in [0.2, 0.25) is 23.3 Å². The van der Waals surface area contributed by atoms with Crippen molar-refractivity contribution in [1.82, 2.24) is 0 Å². The summed E-state index contributed by atoms with van der Waals surface area (Å²) in [5, 5.41) is -1.51. The Hall–Kier alpha value is -14.3. The molecule has 0 saturated heterocycles. The Morgan fingerprint density at radius 2 is 0.389 bits per heavy atom. The van der Waals surface area contributed by atoms with Crippen LogP contribution >= 0.6 is 0 Å². The molecular weight excluding hydrogens is 1690 g/mol.